The third kappa shape index (κ3) is 9.38. The Hall–Kier alpha value is -4.45. The van der Waals surface area contributed by atoms with Crippen molar-refractivity contribution >= 4 is 29.5 Å². The standard InChI is InChI=1S/C28H36N6O6/c29-20(15-18-8-10-19(35)11-9-18)26(38)33-22-7-4-14-31-24(36)13-12-21(25(30)37)32-28(40)23(34-27(22)39)16-17-5-2-1-3-6-17/h1-3,5-6,8-11,20-23,35H,4,7,12-16,29H2,(H2,30,37)(H,31,36)(H,32,40)(H,33,38)(H,34,39). The number of phenols is 1. The van der Waals surface area contributed by atoms with E-state index < -0.39 is 47.8 Å². The van der Waals surface area contributed by atoms with Crippen LogP contribution < -0.4 is 32.7 Å². The van der Waals surface area contributed by atoms with Crippen LogP contribution in [-0.4, -0.2) is 65.4 Å². The fraction of sp³-hybridized carbons (Fsp3) is 0.393. The first-order valence-corrected chi connectivity index (χ1v) is 13.2. The Balaban J connectivity index is 1.79. The molecule has 0 spiro atoms. The Morgan fingerprint density at radius 2 is 1.65 bits per heavy atom. The molecule has 4 atom stereocenters. The first-order valence-electron chi connectivity index (χ1n) is 13.2. The fourth-order valence-corrected chi connectivity index (χ4v) is 4.31. The van der Waals surface area contributed by atoms with Gasteiger partial charge in [-0.25, -0.2) is 0 Å². The molecule has 0 aliphatic carbocycles. The molecule has 40 heavy (non-hydrogen) atoms. The number of primary amides is 1. The van der Waals surface area contributed by atoms with Gasteiger partial charge < -0.3 is 37.8 Å². The highest BCUT2D eigenvalue weighted by atomic mass is 16.3. The molecule has 0 bridgehead atoms. The number of benzene rings is 2. The molecule has 1 heterocycles. The van der Waals surface area contributed by atoms with E-state index in [0.29, 0.717) is 6.42 Å². The van der Waals surface area contributed by atoms with Crippen molar-refractivity contribution in [1.82, 2.24) is 21.3 Å². The summed E-state index contributed by atoms with van der Waals surface area (Å²) < 4.78 is 0. The van der Waals surface area contributed by atoms with Crippen LogP contribution in [-0.2, 0) is 36.8 Å². The summed E-state index contributed by atoms with van der Waals surface area (Å²) in [7, 11) is 0. The molecule has 1 aliphatic rings. The zero-order valence-corrected chi connectivity index (χ0v) is 22.1. The zero-order chi connectivity index (χ0) is 29.1. The van der Waals surface area contributed by atoms with Crippen molar-refractivity contribution in [3.63, 3.8) is 0 Å². The summed E-state index contributed by atoms with van der Waals surface area (Å²) >= 11 is 0. The smallest absolute Gasteiger partial charge is 0.243 e. The summed E-state index contributed by atoms with van der Waals surface area (Å²) in [5, 5.41) is 20.1. The molecular weight excluding hydrogens is 516 g/mol. The maximum absolute atomic E-state index is 13.4. The molecule has 4 unspecified atom stereocenters. The SMILES string of the molecule is NC(=O)C1CCC(=O)NCCCC(NC(=O)C(N)Cc2ccc(O)cc2)C(=O)NC(Cc2ccccc2)C(=O)N1. The number of amides is 5. The zero-order valence-electron chi connectivity index (χ0n) is 22.1. The van der Waals surface area contributed by atoms with Crippen molar-refractivity contribution in [2.45, 2.75) is 62.7 Å². The number of hydrogen-bond acceptors (Lipinski definition) is 7. The van der Waals surface area contributed by atoms with Crippen LogP contribution in [0, 0.1) is 0 Å². The summed E-state index contributed by atoms with van der Waals surface area (Å²) in [6.07, 6.45) is 0.793. The Morgan fingerprint density at radius 3 is 2.33 bits per heavy atom. The Morgan fingerprint density at radius 1 is 0.950 bits per heavy atom. The Kier molecular flexibility index (Phi) is 11.0. The topological polar surface area (TPSA) is 206 Å². The van der Waals surface area contributed by atoms with Gasteiger partial charge in [-0.05, 0) is 48.9 Å². The number of nitrogens with two attached hydrogens (primary N) is 2. The van der Waals surface area contributed by atoms with Crippen LogP contribution in [0.4, 0.5) is 0 Å². The molecule has 3 rings (SSSR count). The van der Waals surface area contributed by atoms with Gasteiger partial charge in [-0.3, -0.25) is 24.0 Å². The van der Waals surface area contributed by atoms with Crippen LogP contribution in [0.25, 0.3) is 0 Å². The van der Waals surface area contributed by atoms with E-state index in [1.54, 1.807) is 36.4 Å². The van der Waals surface area contributed by atoms with E-state index in [0.717, 1.165) is 11.1 Å². The fourth-order valence-electron chi connectivity index (χ4n) is 4.31. The van der Waals surface area contributed by atoms with E-state index in [1.807, 2.05) is 6.07 Å². The van der Waals surface area contributed by atoms with Crippen molar-refractivity contribution in [1.29, 1.82) is 0 Å². The molecule has 1 fully saturated rings. The second-order valence-corrected chi connectivity index (χ2v) is 9.78. The Bertz CT molecular complexity index is 1190. The molecule has 1 saturated heterocycles. The number of nitrogens with one attached hydrogen (secondary N) is 4. The normalized spacial score (nSPS) is 21.6. The summed E-state index contributed by atoms with van der Waals surface area (Å²) in [6.45, 7) is 0.235. The van der Waals surface area contributed by atoms with Gasteiger partial charge in [0.15, 0.2) is 0 Å². The second-order valence-electron chi connectivity index (χ2n) is 9.78. The first kappa shape index (κ1) is 30.1. The number of aromatic hydroxyl groups is 1. The molecule has 12 nitrogen and oxygen atoms in total. The minimum atomic E-state index is -1.11. The lowest BCUT2D eigenvalue weighted by Crippen LogP contribution is -2.58. The molecule has 0 radical (unpaired) electrons. The minimum absolute atomic E-state index is 0.0104. The molecule has 0 saturated carbocycles. The van der Waals surface area contributed by atoms with Crippen LogP contribution in [0.5, 0.6) is 5.75 Å². The van der Waals surface area contributed by atoms with Gasteiger partial charge in [-0.1, -0.05) is 42.5 Å². The minimum Gasteiger partial charge on any atom is -0.508 e. The van der Waals surface area contributed by atoms with Crippen molar-refractivity contribution in [3.05, 3.63) is 65.7 Å². The number of phenolic OH excluding ortho intramolecular Hbond substituents is 1. The van der Waals surface area contributed by atoms with Gasteiger partial charge in [0.05, 0.1) is 6.04 Å². The third-order valence-electron chi connectivity index (χ3n) is 6.59. The van der Waals surface area contributed by atoms with Crippen molar-refractivity contribution in [2.24, 2.45) is 11.5 Å². The number of carbonyl (C=O) groups is 5. The van der Waals surface area contributed by atoms with Gasteiger partial charge >= 0.3 is 0 Å². The molecular formula is C28H36N6O6. The second kappa shape index (κ2) is 14.6. The lowest BCUT2D eigenvalue weighted by atomic mass is 10.0. The molecule has 1 aliphatic heterocycles. The van der Waals surface area contributed by atoms with E-state index in [2.05, 4.69) is 21.3 Å². The van der Waals surface area contributed by atoms with E-state index in [9.17, 15) is 29.1 Å². The van der Waals surface area contributed by atoms with Crippen LogP contribution in [0.3, 0.4) is 0 Å². The molecule has 2 aromatic rings. The average Bonchev–Trinajstić information content (AvgIpc) is 2.93. The number of hydrogen-bond donors (Lipinski definition) is 7. The predicted octanol–water partition coefficient (Wildman–Crippen LogP) is -0.865. The Labute approximate surface area is 232 Å². The van der Waals surface area contributed by atoms with Crippen molar-refractivity contribution in [3.8, 4) is 5.75 Å². The maximum atomic E-state index is 13.4. The van der Waals surface area contributed by atoms with Crippen LogP contribution in [0.2, 0.25) is 0 Å². The van der Waals surface area contributed by atoms with Crippen LogP contribution >= 0.6 is 0 Å². The van der Waals surface area contributed by atoms with Crippen LogP contribution in [0.15, 0.2) is 54.6 Å². The van der Waals surface area contributed by atoms with Crippen LogP contribution in [0.1, 0.15) is 36.8 Å². The average molecular weight is 553 g/mol. The van der Waals surface area contributed by atoms with Gasteiger partial charge in [0.25, 0.3) is 0 Å². The maximum Gasteiger partial charge on any atom is 0.243 e. The highest BCUT2D eigenvalue weighted by Crippen LogP contribution is 2.12. The number of rotatable bonds is 7. The highest BCUT2D eigenvalue weighted by molar-refractivity contribution is 5.95. The molecule has 2 aromatic carbocycles. The summed E-state index contributed by atoms with van der Waals surface area (Å²) in [4.78, 5) is 63.8. The molecule has 214 valence electrons. The summed E-state index contributed by atoms with van der Waals surface area (Å²) in [5.74, 6) is -2.88. The first-order chi connectivity index (χ1) is 19.1. The van der Waals surface area contributed by atoms with Gasteiger partial charge in [-0.2, -0.15) is 0 Å². The van der Waals surface area contributed by atoms with E-state index >= 15 is 0 Å². The largest absolute Gasteiger partial charge is 0.508 e. The van der Waals surface area contributed by atoms with Gasteiger partial charge in [0.1, 0.15) is 23.9 Å². The third-order valence-corrected chi connectivity index (χ3v) is 6.59. The summed E-state index contributed by atoms with van der Waals surface area (Å²) in [6, 6.07) is 11.0. The van der Waals surface area contributed by atoms with Crippen molar-refractivity contribution < 1.29 is 29.1 Å². The van der Waals surface area contributed by atoms with E-state index in [1.165, 1.54) is 12.1 Å². The van der Waals surface area contributed by atoms with Gasteiger partial charge in [0.2, 0.25) is 29.5 Å². The van der Waals surface area contributed by atoms with Crippen molar-refractivity contribution in [2.75, 3.05) is 6.54 Å². The van der Waals surface area contributed by atoms with E-state index in [4.69, 9.17) is 11.5 Å². The molecule has 5 amide bonds. The van der Waals surface area contributed by atoms with Gasteiger partial charge in [-0.15, -0.1) is 0 Å². The van der Waals surface area contributed by atoms with Gasteiger partial charge in [0, 0.05) is 19.4 Å². The molecule has 0 aromatic heterocycles. The quantitative estimate of drug-likeness (QED) is 0.231. The predicted molar refractivity (Wildman–Crippen MR) is 146 cm³/mol. The van der Waals surface area contributed by atoms with E-state index in [-0.39, 0.29) is 50.3 Å². The highest BCUT2D eigenvalue weighted by Gasteiger charge is 2.30. The number of carbonyl (C=O) groups excluding carboxylic acids is 5. The lowest BCUT2D eigenvalue weighted by Gasteiger charge is -2.26. The monoisotopic (exact) mass is 552 g/mol. The molecule has 12 heteroatoms. The lowest BCUT2D eigenvalue weighted by molar-refractivity contribution is -0.134. The molecule has 9 N–H and O–H groups in total. The summed E-state index contributed by atoms with van der Waals surface area (Å²) in [5.41, 5.74) is 13.0.